The summed E-state index contributed by atoms with van der Waals surface area (Å²) in [7, 11) is 0. The predicted molar refractivity (Wildman–Crippen MR) is 83.3 cm³/mol. The fourth-order valence-electron chi connectivity index (χ4n) is 1.80. The molecule has 1 aromatic rings. The van der Waals surface area contributed by atoms with Gasteiger partial charge in [-0.3, -0.25) is 4.79 Å². The molecular weight excluding hydrogens is 276 g/mol. The number of hydrogen-bond donors (Lipinski definition) is 2. The van der Waals surface area contributed by atoms with Crippen LogP contribution >= 0.6 is 11.6 Å². The summed E-state index contributed by atoms with van der Waals surface area (Å²) < 4.78 is 5.60. The lowest BCUT2D eigenvalue weighted by Gasteiger charge is -2.15. The van der Waals surface area contributed by atoms with Gasteiger partial charge in [0.2, 0.25) is 5.91 Å². The lowest BCUT2D eigenvalue weighted by molar-refractivity contribution is -0.117. The minimum absolute atomic E-state index is 0.0640. The summed E-state index contributed by atoms with van der Waals surface area (Å²) in [6.45, 7) is 5.17. The highest BCUT2D eigenvalue weighted by molar-refractivity contribution is 6.31. The van der Waals surface area contributed by atoms with Crippen molar-refractivity contribution in [2.45, 2.75) is 33.1 Å². The predicted octanol–water partition coefficient (Wildman–Crippen LogP) is 3.44. The van der Waals surface area contributed by atoms with Gasteiger partial charge in [0.05, 0.1) is 12.3 Å². The lowest BCUT2D eigenvalue weighted by Crippen LogP contribution is -2.22. The van der Waals surface area contributed by atoms with Crippen molar-refractivity contribution in [3.8, 4) is 5.75 Å². The molecule has 0 aromatic heterocycles. The minimum Gasteiger partial charge on any atom is -0.491 e. The molecule has 1 aromatic carbocycles. The smallest absolute Gasteiger partial charge is 0.224 e. The third kappa shape index (κ3) is 5.39. The molecule has 0 aliphatic heterocycles. The van der Waals surface area contributed by atoms with Gasteiger partial charge in [-0.1, -0.05) is 31.9 Å². The summed E-state index contributed by atoms with van der Waals surface area (Å²) in [5.74, 6) is 0.783. The van der Waals surface area contributed by atoms with Crippen LogP contribution in [0, 0.1) is 5.92 Å². The van der Waals surface area contributed by atoms with Gasteiger partial charge in [0.1, 0.15) is 5.75 Å². The van der Waals surface area contributed by atoms with Crippen molar-refractivity contribution in [1.29, 1.82) is 0 Å². The zero-order valence-electron chi connectivity index (χ0n) is 12.1. The highest BCUT2D eigenvalue weighted by Crippen LogP contribution is 2.28. The first-order valence-electron chi connectivity index (χ1n) is 7.02. The summed E-state index contributed by atoms with van der Waals surface area (Å²) in [5.41, 5.74) is 6.23. The Bertz CT molecular complexity index is 434. The van der Waals surface area contributed by atoms with Crippen molar-refractivity contribution in [2.75, 3.05) is 18.5 Å². The van der Waals surface area contributed by atoms with Crippen LogP contribution in [0.3, 0.4) is 0 Å². The van der Waals surface area contributed by atoms with Crippen LogP contribution in [0.1, 0.15) is 33.1 Å². The number of rotatable bonds is 8. The molecule has 0 spiro atoms. The highest BCUT2D eigenvalue weighted by atomic mass is 35.5. The zero-order valence-corrected chi connectivity index (χ0v) is 12.9. The molecule has 4 nitrogen and oxygen atoms in total. The van der Waals surface area contributed by atoms with Gasteiger partial charge in [0, 0.05) is 11.4 Å². The van der Waals surface area contributed by atoms with Gasteiger partial charge in [0.25, 0.3) is 0 Å². The Morgan fingerprint density at radius 3 is 2.80 bits per heavy atom. The number of amides is 1. The molecule has 0 bridgehead atoms. The summed E-state index contributed by atoms with van der Waals surface area (Å²) >= 11 is 5.97. The molecule has 3 N–H and O–H groups in total. The maximum Gasteiger partial charge on any atom is 0.224 e. The number of benzene rings is 1. The van der Waals surface area contributed by atoms with Crippen LogP contribution in [0.5, 0.6) is 5.75 Å². The molecule has 0 heterocycles. The average Bonchev–Trinajstić information content (AvgIpc) is 2.44. The largest absolute Gasteiger partial charge is 0.491 e. The van der Waals surface area contributed by atoms with E-state index in [1.807, 2.05) is 13.8 Å². The summed E-state index contributed by atoms with van der Waals surface area (Å²) in [5, 5.41) is 3.42. The van der Waals surface area contributed by atoms with Crippen LogP contribution in [-0.2, 0) is 4.79 Å². The van der Waals surface area contributed by atoms with Crippen molar-refractivity contribution in [3.05, 3.63) is 23.2 Å². The molecule has 5 heteroatoms. The monoisotopic (exact) mass is 298 g/mol. The third-order valence-corrected chi connectivity index (χ3v) is 3.30. The van der Waals surface area contributed by atoms with E-state index >= 15 is 0 Å². The van der Waals surface area contributed by atoms with E-state index in [0.29, 0.717) is 36.0 Å². The third-order valence-electron chi connectivity index (χ3n) is 3.06. The first-order chi connectivity index (χ1) is 9.60. The van der Waals surface area contributed by atoms with E-state index in [9.17, 15) is 4.79 Å². The van der Waals surface area contributed by atoms with Gasteiger partial charge in [-0.25, -0.2) is 0 Å². The number of carbonyl (C=O) groups is 1. The van der Waals surface area contributed by atoms with Crippen molar-refractivity contribution in [2.24, 2.45) is 11.7 Å². The van der Waals surface area contributed by atoms with E-state index in [2.05, 4.69) is 5.32 Å². The quantitative estimate of drug-likeness (QED) is 0.772. The number of hydrogen-bond acceptors (Lipinski definition) is 3. The van der Waals surface area contributed by atoms with Gasteiger partial charge >= 0.3 is 0 Å². The summed E-state index contributed by atoms with van der Waals surface area (Å²) in [4.78, 5) is 12.0. The van der Waals surface area contributed by atoms with Gasteiger partial charge in [0.15, 0.2) is 0 Å². The summed E-state index contributed by atoms with van der Waals surface area (Å²) in [6.07, 6.45) is 2.20. The van der Waals surface area contributed by atoms with Crippen molar-refractivity contribution in [3.63, 3.8) is 0 Å². The Kier molecular flexibility index (Phi) is 7.41. The molecule has 0 saturated carbocycles. The lowest BCUT2D eigenvalue weighted by atomic mass is 10.0. The molecular formula is C15H23ClN2O2. The molecule has 0 aliphatic carbocycles. The number of carbonyl (C=O) groups excluding carboxylic acids is 1. The van der Waals surface area contributed by atoms with Crippen LogP contribution in [0.25, 0.3) is 0 Å². The van der Waals surface area contributed by atoms with Crippen molar-refractivity contribution in [1.82, 2.24) is 0 Å². The minimum atomic E-state index is -0.0640. The van der Waals surface area contributed by atoms with Crippen molar-refractivity contribution >= 4 is 23.2 Å². The highest BCUT2D eigenvalue weighted by Gasteiger charge is 2.13. The van der Waals surface area contributed by atoms with Crippen LogP contribution in [-0.4, -0.2) is 19.1 Å². The number of ether oxygens (including phenoxy) is 1. The maximum absolute atomic E-state index is 12.0. The van der Waals surface area contributed by atoms with E-state index in [4.69, 9.17) is 22.1 Å². The maximum atomic E-state index is 12.0. The Labute approximate surface area is 125 Å². The van der Waals surface area contributed by atoms with E-state index in [1.165, 1.54) is 0 Å². The van der Waals surface area contributed by atoms with Crippen LogP contribution in [0.4, 0.5) is 5.69 Å². The molecule has 1 amide bonds. The second kappa shape index (κ2) is 8.82. The number of nitrogens with two attached hydrogens (primary N) is 1. The van der Waals surface area contributed by atoms with Crippen LogP contribution in [0.2, 0.25) is 5.02 Å². The van der Waals surface area contributed by atoms with E-state index in [-0.39, 0.29) is 11.8 Å². The van der Waals surface area contributed by atoms with E-state index in [1.54, 1.807) is 18.2 Å². The standard InChI is InChI=1S/C15H23ClN2O2/c1-3-7-20-14-6-5-12(16)9-13(14)18-15(19)8-11(4-2)10-17/h5-6,9,11H,3-4,7-8,10,17H2,1-2H3,(H,18,19). The molecule has 1 rings (SSSR count). The zero-order chi connectivity index (χ0) is 15.0. The fraction of sp³-hybridized carbons (Fsp3) is 0.533. The van der Waals surface area contributed by atoms with Crippen molar-refractivity contribution < 1.29 is 9.53 Å². The SMILES string of the molecule is CCCOc1ccc(Cl)cc1NC(=O)CC(CC)CN. The fourth-order valence-corrected chi connectivity index (χ4v) is 1.97. The Morgan fingerprint density at radius 2 is 2.20 bits per heavy atom. The molecule has 0 saturated heterocycles. The molecule has 1 atom stereocenters. The van der Waals surface area contributed by atoms with Crippen LogP contribution < -0.4 is 15.8 Å². The molecule has 112 valence electrons. The number of nitrogens with one attached hydrogen (secondary N) is 1. The normalized spacial score (nSPS) is 12.0. The van der Waals surface area contributed by atoms with Gasteiger partial charge < -0.3 is 15.8 Å². The average molecular weight is 299 g/mol. The van der Waals surface area contributed by atoms with E-state index in [0.717, 1.165) is 12.8 Å². The summed E-state index contributed by atoms with van der Waals surface area (Å²) in [6, 6.07) is 5.22. The Balaban J connectivity index is 2.74. The molecule has 20 heavy (non-hydrogen) atoms. The number of halogens is 1. The number of anilines is 1. The van der Waals surface area contributed by atoms with Crippen LogP contribution in [0.15, 0.2) is 18.2 Å². The Hall–Kier alpha value is -1.26. The van der Waals surface area contributed by atoms with Gasteiger partial charge in [-0.2, -0.15) is 0 Å². The molecule has 0 aliphatic rings. The molecule has 0 fully saturated rings. The van der Waals surface area contributed by atoms with E-state index < -0.39 is 0 Å². The molecule has 0 radical (unpaired) electrons. The Morgan fingerprint density at radius 1 is 1.45 bits per heavy atom. The molecule has 1 unspecified atom stereocenters. The second-order valence-corrected chi connectivity index (χ2v) is 5.19. The van der Waals surface area contributed by atoms with Gasteiger partial charge in [-0.15, -0.1) is 0 Å². The van der Waals surface area contributed by atoms with Gasteiger partial charge in [-0.05, 0) is 37.1 Å². The topological polar surface area (TPSA) is 64.3 Å². The second-order valence-electron chi connectivity index (χ2n) is 4.75. The first kappa shape index (κ1) is 16.8. The first-order valence-corrected chi connectivity index (χ1v) is 7.40.